The fourth-order valence-corrected chi connectivity index (χ4v) is 4.23. The van der Waals surface area contributed by atoms with E-state index in [-0.39, 0.29) is 17.0 Å². The second kappa shape index (κ2) is 7.10. The van der Waals surface area contributed by atoms with Crippen molar-refractivity contribution >= 4 is 27.3 Å². The van der Waals surface area contributed by atoms with Crippen LogP contribution in [0, 0.1) is 0 Å². The number of rotatable bonds is 4. The molecule has 1 aliphatic heterocycles. The van der Waals surface area contributed by atoms with Gasteiger partial charge in [0.15, 0.2) is 0 Å². The molecule has 1 N–H and O–H groups in total. The molecule has 0 unspecified atom stereocenters. The first-order valence-electron chi connectivity index (χ1n) is 7.92. The van der Waals surface area contributed by atoms with Crippen LogP contribution in [0.15, 0.2) is 48.5 Å². The van der Waals surface area contributed by atoms with Crippen LogP contribution in [0.4, 0.5) is 24.5 Å². The highest BCUT2D eigenvalue weighted by Gasteiger charge is 2.31. The lowest BCUT2D eigenvalue weighted by Gasteiger charge is -2.17. The number of nitrogens with zero attached hydrogens (tertiary/aromatic N) is 1. The number of anilines is 2. The Hall–Kier alpha value is -2.75. The summed E-state index contributed by atoms with van der Waals surface area (Å²) in [6, 6.07) is 10.8. The summed E-state index contributed by atoms with van der Waals surface area (Å²) in [6.45, 7) is 0.355. The zero-order valence-corrected chi connectivity index (χ0v) is 14.7. The molecule has 27 heavy (non-hydrogen) atoms. The summed E-state index contributed by atoms with van der Waals surface area (Å²) in [5, 5.41) is 2.54. The second-order valence-corrected chi connectivity index (χ2v) is 7.83. The first kappa shape index (κ1) is 19.0. The molecule has 0 aliphatic carbocycles. The number of halogens is 3. The van der Waals surface area contributed by atoms with Crippen molar-refractivity contribution in [3.8, 4) is 5.75 Å². The SMILES string of the molecule is O=C(Nc1ccc(OC(F)(F)F)cc1)c1cccc(N2CCCS2(=O)=O)c1. The van der Waals surface area contributed by atoms with Crippen LogP contribution in [0.25, 0.3) is 0 Å². The van der Waals surface area contributed by atoms with Gasteiger partial charge in [0.25, 0.3) is 5.91 Å². The van der Waals surface area contributed by atoms with Gasteiger partial charge in [0, 0.05) is 17.8 Å². The summed E-state index contributed by atoms with van der Waals surface area (Å²) in [5.41, 5.74) is 0.896. The number of ether oxygens (including phenoxy) is 1. The minimum atomic E-state index is -4.79. The van der Waals surface area contributed by atoms with E-state index in [2.05, 4.69) is 10.1 Å². The number of sulfonamides is 1. The lowest BCUT2D eigenvalue weighted by molar-refractivity contribution is -0.274. The van der Waals surface area contributed by atoms with Gasteiger partial charge in [-0.2, -0.15) is 0 Å². The molecule has 2 aromatic rings. The van der Waals surface area contributed by atoms with Crippen molar-refractivity contribution in [2.75, 3.05) is 21.9 Å². The van der Waals surface area contributed by atoms with Crippen molar-refractivity contribution in [1.29, 1.82) is 0 Å². The molecule has 6 nitrogen and oxygen atoms in total. The van der Waals surface area contributed by atoms with Gasteiger partial charge in [0.1, 0.15) is 5.75 Å². The van der Waals surface area contributed by atoms with Crippen molar-refractivity contribution in [3.05, 3.63) is 54.1 Å². The molecule has 0 bridgehead atoms. The first-order valence-corrected chi connectivity index (χ1v) is 9.53. The minimum absolute atomic E-state index is 0.0652. The van der Waals surface area contributed by atoms with Crippen LogP contribution < -0.4 is 14.4 Å². The number of alkyl halides is 3. The van der Waals surface area contributed by atoms with Gasteiger partial charge in [-0.05, 0) is 48.9 Å². The van der Waals surface area contributed by atoms with Crippen molar-refractivity contribution in [1.82, 2.24) is 0 Å². The lowest BCUT2D eigenvalue weighted by Crippen LogP contribution is -2.25. The zero-order valence-electron chi connectivity index (χ0n) is 13.9. The molecule has 0 radical (unpaired) electrons. The molecule has 10 heteroatoms. The molecule has 0 spiro atoms. The van der Waals surface area contributed by atoms with E-state index in [9.17, 15) is 26.4 Å². The molecular weight excluding hydrogens is 385 g/mol. The van der Waals surface area contributed by atoms with Crippen LogP contribution in [-0.2, 0) is 10.0 Å². The Morgan fingerprint density at radius 1 is 1.11 bits per heavy atom. The molecule has 2 aromatic carbocycles. The van der Waals surface area contributed by atoms with E-state index >= 15 is 0 Å². The summed E-state index contributed by atoms with van der Waals surface area (Å²) in [7, 11) is -3.37. The highest BCUT2D eigenvalue weighted by atomic mass is 32.2. The van der Waals surface area contributed by atoms with Gasteiger partial charge < -0.3 is 10.1 Å². The Morgan fingerprint density at radius 2 is 1.81 bits per heavy atom. The van der Waals surface area contributed by atoms with E-state index in [0.29, 0.717) is 18.7 Å². The largest absolute Gasteiger partial charge is 0.573 e. The highest BCUT2D eigenvalue weighted by Crippen LogP contribution is 2.26. The molecule has 1 amide bonds. The molecule has 0 atom stereocenters. The first-order chi connectivity index (χ1) is 12.6. The molecule has 0 aromatic heterocycles. The summed E-state index contributed by atoms with van der Waals surface area (Å²) >= 11 is 0. The molecule has 1 heterocycles. The Bertz CT molecular complexity index is 943. The van der Waals surface area contributed by atoms with E-state index in [0.717, 1.165) is 12.1 Å². The van der Waals surface area contributed by atoms with Gasteiger partial charge in [0.05, 0.1) is 11.4 Å². The number of amides is 1. The summed E-state index contributed by atoms with van der Waals surface area (Å²) in [4.78, 5) is 12.4. The van der Waals surface area contributed by atoms with E-state index in [4.69, 9.17) is 0 Å². The van der Waals surface area contributed by atoms with Crippen LogP contribution in [0.2, 0.25) is 0 Å². The molecule has 3 rings (SSSR count). The smallest absolute Gasteiger partial charge is 0.406 e. The number of benzene rings is 2. The van der Waals surface area contributed by atoms with Crippen molar-refractivity contribution in [2.24, 2.45) is 0 Å². The maximum atomic E-state index is 12.4. The molecule has 1 saturated heterocycles. The van der Waals surface area contributed by atoms with Crippen LogP contribution in [-0.4, -0.2) is 33.0 Å². The molecule has 0 saturated carbocycles. The van der Waals surface area contributed by atoms with Gasteiger partial charge in [-0.1, -0.05) is 6.07 Å². The average molecular weight is 400 g/mol. The van der Waals surface area contributed by atoms with Crippen LogP contribution >= 0.6 is 0 Å². The monoisotopic (exact) mass is 400 g/mol. The number of carbonyl (C=O) groups excluding carboxylic acids is 1. The van der Waals surface area contributed by atoms with E-state index in [1.165, 1.54) is 28.6 Å². The number of nitrogens with one attached hydrogen (secondary N) is 1. The van der Waals surface area contributed by atoms with E-state index in [1.54, 1.807) is 12.1 Å². The number of hydrogen-bond donors (Lipinski definition) is 1. The molecular formula is C17H15F3N2O4S. The molecule has 1 fully saturated rings. The van der Waals surface area contributed by atoms with Gasteiger partial charge in [-0.15, -0.1) is 13.2 Å². The van der Waals surface area contributed by atoms with Crippen molar-refractivity contribution < 1.29 is 31.1 Å². The second-order valence-electron chi connectivity index (χ2n) is 5.82. The molecule has 144 valence electrons. The fraction of sp³-hybridized carbons (Fsp3) is 0.235. The van der Waals surface area contributed by atoms with Gasteiger partial charge in [-0.25, -0.2) is 8.42 Å². The quantitative estimate of drug-likeness (QED) is 0.854. The number of hydrogen-bond acceptors (Lipinski definition) is 4. The Labute approximate surface area is 153 Å². The highest BCUT2D eigenvalue weighted by molar-refractivity contribution is 7.93. The lowest BCUT2D eigenvalue weighted by atomic mass is 10.1. The summed E-state index contributed by atoms with van der Waals surface area (Å²) < 4.78 is 65.5. The normalized spacial score (nSPS) is 16.2. The predicted molar refractivity (Wildman–Crippen MR) is 93.3 cm³/mol. The van der Waals surface area contributed by atoms with Crippen molar-refractivity contribution in [2.45, 2.75) is 12.8 Å². The van der Waals surface area contributed by atoms with E-state index < -0.39 is 28.0 Å². The zero-order chi connectivity index (χ0) is 19.7. The topological polar surface area (TPSA) is 75.7 Å². The van der Waals surface area contributed by atoms with E-state index in [1.807, 2.05) is 0 Å². The third kappa shape index (κ3) is 4.70. The predicted octanol–water partition coefficient (Wildman–Crippen LogP) is 3.38. The molecule has 1 aliphatic rings. The summed E-state index contributed by atoms with van der Waals surface area (Å²) in [6.07, 6.45) is -4.27. The third-order valence-electron chi connectivity index (χ3n) is 3.84. The van der Waals surface area contributed by atoms with Gasteiger partial charge in [0.2, 0.25) is 10.0 Å². The minimum Gasteiger partial charge on any atom is -0.406 e. The van der Waals surface area contributed by atoms with Crippen LogP contribution in [0.3, 0.4) is 0 Å². The third-order valence-corrected chi connectivity index (χ3v) is 5.71. The Kier molecular flexibility index (Phi) is 5.01. The fourth-order valence-electron chi connectivity index (χ4n) is 2.68. The maximum absolute atomic E-state index is 12.4. The Morgan fingerprint density at radius 3 is 2.41 bits per heavy atom. The standard InChI is InChI=1S/C17H15F3N2O4S/c18-17(19,20)26-15-7-5-13(6-8-15)21-16(23)12-3-1-4-14(11-12)22-9-2-10-27(22,24)25/h1,3-8,11H,2,9-10H2,(H,21,23). The number of carbonyl (C=O) groups is 1. The Balaban J connectivity index is 1.72. The van der Waals surface area contributed by atoms with Gasteiger partial charge in [-0.3, -0.25) is 9.10 Å². The van der Waals surface area contributed by atoms with Crippen LogP contribution in [0.5, 0.6) is 5.75 Å². The summed E-state index contributed by atoms with van der Waals surface area (Å²) in [5.74, 6) is -0.852. The van der Waals surface area contributed by atoms with Gasteiger partial charge >= 0.3 is 6.36 Å². The maximum Gasteiger partial charge on any atom is 0.573 e. The van der Waals surface area contributed by atoms with Crippen molar-refractivity contribution in [3.63, 3.8) is 0 Å². The van der Waals surface area contributed by atoms with Crippen LogP contribution in [0.1, 0.15) is 16.8 Å². The average Bonchev–Trinajstić information content (AvgIpc) is 2.94.